The smallest absolute Gasteiger partial charge is 0.356 e. The Morgan fingerprint density at radius 2 is 2.15 bits per heavy atom. The summed E-state index contributed by atoms with van der Waals surface area (Å²) in [5, 5.41) is 11.1. The van der Waals surface area contributed by atoms with Crippen LogP contribution >= 0.6 is 11.3 Å². The molecule has 2 heterocycles. The second-order valence-corrected chi connectivity index (χ2v) is 5.56. The standard InChI is InChI=1S/C15H13NO3S/c1-3-11-16-13(15(17)18)14(20-11)12-8(2)19-10-7-5-4-6-9(10)12/h4-7H,3H2,1-2H3,(H,17,18). The summed E-state index contributed by atoms with van der Waals surface area (Å²) >= 11 is 1.42. The minimum atomic E-state index is -0.999. The Hall–Kier alpha value is -2.14. The maximum absolute atomic E-state index is 11.4. The molecule has 0 spiro atoms. The molecule has 0 saturated heterocycles. The van der Waals surface area contributed by atoms with Gasteiger partial charge in [0.1, 0.15) is 11.3 Å². The maximum Gasteiger partial charge on any atom is 0.356 e. The minimum absolute atomic E-state index is 0.113. The average molecular weight is 287 g/mol. The van der Waals surface area contributed by atoms with Gasteiger partial charge in [-0.15, -0.1) is 11.3 Å². The summed E-state index contributed by atoms with van der Waals surface area (Å²) in [6.45, 7) is 3.82. The number of rotatable bonds is 3. The monoisotopic (exact) mass is 287 g/mol. The summed E-state index contributed by atoms with van der Waals surface area (Å²) in [5.41, 5.74) is 1.72. The summed E-state index contributed by atoms with van der Waals surface area (Å²) in [4.78, 5) is 16.3. The van der Waals surface area contributed by atoms with E-state index >= 15 is 0 Å². The first kappa shape index (κ1) is 12.9. The van der Waals surface area contributed by atoms with Gasteiger partial charge < -0.3 is 9.52 Å². The van der Waals surface area contributed by atoms with Gasteiger partial charge in [0.25, 0.3) is 0 Å². The van der Waals surface area contributed by atoms with E-state index in [1.54, 1.807) is 0 Å². The van der Waals surface area contributed by atoms with Gasteiger partial charge in [0.2, 0.25) is 0 Å². The van der Waals surface area contributed by atoms with Crippen LogP contribution in [0.3, 0.4) is 0 Å². The number of para-hydroxylation sites is 1. The predicted octanol–water partition coefficient (Wildman–Crippen LogP) is 4.13. The Bertz CT molecular complexity index is 801. The van der Waals surface area contributed by atoms with Crippen molar-refractivity contribution < 1.29 is 14.3 Å². The van der Waals surface area contributed by atoms with Crippen molar-refractivity contribution in [1.82, 2.24) is 4.98 Å². The SMILES string of the molecule is CCc1nc(C(=O)O)c(-c2c(C)oc3ccccc23)s1. The van der Waals surface area contributed by atoms with Crippen LogP contribution in [0.25, 0.3) is 21.4 Å². The third kappa shape index (κ3) is 1.91. The fourth-order valence-electron chi connectivity index (χ4n) is 2.28. The predicted molar refractivity (Wildman–Crippen MR) is 78.4 cm³/mol. The number of carboxylic acids is 1. The lowest BCUT2D eigenvalue weighted by molar-refractivity contribution is 0.0692. The number of hydrogen-bond acceptors (Lipinski definition) is 4. The molecule has 1 aromatic carbocycles. The third-order valence-corrected chi connectivity index (χ3v) is 4.39. The van der Waals surface area contributed by atoms with Gasteiger partial charge in [-0.3, -0.25) is 0 Å². The van der Waals surface area contributed by atoms with E-state index in [1.165, 1.54) is 11.3 Å². The third-order valence-electron chi connectivity index (χ3n) is 3.18. The number of furan rings is 1. The van der Waals surface area contributed by atoms with E-state index in [2.05, 4.69) is 4.98 Å². The summed E-state index contributed by atoms with van der Waals surface area (Å²) in [6, 6.07) is 7.65. The fourth-order valence-corrected chi connectivity index (χ4v) is 3.38. The average Bonchev–Trinajstić information content (AvgIpc) is 2.98. The van der Waals surface area contributed by atoms with Crippen molar-refractivity contribution in [2.45, 2.75) is 20.3 Å². The van der Waals surface area contributed by atoms with Gasteiger partial charge in [-0.1, -0.05) is 25.1 Å². The van der Waals surface area contributed by atoms with Crippen molar-refractivity contribution in [3.63, 3.8) is 0 Å². The number of aryl methyl sites for hydroxylation is 2. The van der Waals surface area contributed by atoms with Crippen LogP contribution in [0.5, 0.6) is 0 Å². The van der Waals surface area contributed by atoms with Gasteiger partial charge in [0.15, 0.2) is 5.69 Å². The van der Waals surface area contributed by atoms with Gasteiger partial charge in [-0.25, -0.2) is 9.78 Å². The van der Waals surface area contributed by atoms with E-state index in [9.17, 15) is 9.90 Å². The summed E-state index contributed by atoms with van der Waals surface area (Å²) in [6.07, 6.45) is 0.722. The van der Waals surface area contributed by atoms with Gasteiger partial charge in [0, 0.05) is 10.9 Å². The molecule has 0 bridgehead atoms. The lowest BCUT2D eigenvalue weighted by Gasteiger charge is -1.97. The van der Waals surface area contributed by atoms with E-state index in [1.807, 2.05) is 38.1 Å². The summed E-state index contributed by atoms with van der Waals surface area (Å²) in [7, 11) is 0. The molecule has 0 fully saturated rings. The van der Waals surface area contributed by atoms with Crippen LogP contribution in [0, 0.1) is 6.92 Å². The molecule has 5 heteroatoms. The van der Waals surface area contributed by atoms with E-state index in [4.69, 9.17) is 4.42 Å². The van der Waals surface area contributed by atoms with Gasteiger partial charge in [0.05, 0.1) is 9.88 Å². The second kappa shape index (κ2) is 4.76. The first-order valence-corrected chi connectivity index (χ1v) is 7.15. The Kier molecular flexibility index (Phi) is 3.06. The van der Waals surface area contributed by atoms with E-state index in [0.717, 1.165) is 33.7 Å². The lowest BCUT2D eigenvalue weighted by atomic mass is 10.1. The summed E-state index contributed by atoms with van der Waals surface area (Å²) in [5.74, 6) is -0.277. The number of nitrogens with zero attached hydrogens (tertiary/aromatic N) is 1. The van der Waals surface area contributed by atoms with Crippen LogP contribution in [-0.2, 0) is 6.42 Å². The number of fused-ring (bicyclic) bond motifs is 1. The lowest BCUT2D eigenvalue weighted by Crippen LogP contribution is -1.99. The largest absolute Gasteiger partial charge is 0.476 e. The number of aromatic carboxylic acids is 1. The molecule has 2 aromatic heterocycles. The molecule has 20 heavy (non-hydrogen) atoms. The molecule has 3 aromatic rings. The van der Waals surface area contributed by atoms with E-state index < -0.39 is 5.97 Å². The molecule has 0 aliphatic rings. The van der Waals surface area contributed by atoms with Crippen LogP contribution in [0.15, 0.2) is 28.7 Å². The van der Waals surface area contributed by atoms with E-state index in [0.29, 0.717) is 4.88 Å². The van der Waals surface area contributed by atoms with Crippen molar-refractivity contribution in [3.8, 4) is 10.4 Å². The quantitative estimate of drug-likeness (QED) is 0.786. The molecule has 4 nitrogen and oxygen atoms in total. The van der Waals surface area contributed by atoms with Gasteiger partial charge >= 0.3 is 5.97 Å². The molecule has 0 atom stereocenters. The Morgan fingerprint density at radius 1 is 1.40 bits per heavy atom. The zero-order valence-electron chi connectivity index (χ0n) is 11.1. The molecule has 102 valence electrons. The topological polar surface area (TPSA) is 63.3 Å². The Morgan fingerprint density at radius 3 is 2.85 bits per heavy atom. The molecular weight excluding hydrogens is 274 g/mol. The van der Waals surface area contributed by atoms with Crippen LogP contribution in [0.4, 0.5) is 0 Å². The van der Waals surface area contributed by atoms with Crippen molar-refractivity contribution in [2.24, 2.45) is 0 Å². The number of aromatic nitrogens is 1. The molecule has 0 aliphatic heterocycles. The summed E-state index contributed by atoms with van der Waals surface area (Å²) < 4.78 is 5.72. The number of thiazole rings is 1. The van der Waals surface area contributed by atoms with Crippen molar-refractivity contribution in [2.75, 3.05) is 0 Å². The number of carbonyl (C=O) groups is 1. The first-order valence-electron chi connectivity index (χ1n) is 6.33. The minimum Gasteiger partial charge on any atom is -0.476 e. The van der Waals surface area contributed by atoms with Crippen LogP contribution in [0.1, 0.15) is 28.2 Å². The van der Waals surface area contributed by atoms with Crippen molar-refractivity contribution >= 4 is 28.3 Å². The molecule has 0 saturated carbocycles. The highest BCUT2D eigenvalue weighted by Crippen LogP contribution is 2.39. The number of benzene rings is 1. The highest BCUT2D eigenvalue weighted by Gasteiger charge is 2.23. The van der Waals surface area contributed by atoms with Crippen molar-refractivity contribution in [3.05, 3.63) is 40.7 Å². The van der Waals surface area contributed by atoms with Crippen LogP contribution < -0.4 is 0 Å². The zero-order valence-corrected chi connectivity index (χ0v) is 12.0. The molecular formula is C15H13NO3S. The number of hydrogen-bond donors (Lipinski definition) is 1. The molecule has 0 amide bonds. The fraction of sp³-hybridized carbons (Fsp3) is 0.200. The Balaban J connectivity index is 2.33. The zero-order chi connectivity index (χ0) is 14.3. The maximum atomic E-state index is 11.4. The van der Waals surface area contributed by atoms with Crippen LogP contribution in [0.2, 0.25) is 0 Å². The molecule has 0 aliphatic carbocycles. The highest BCUT2D eigenvalue weighted by atomic mass is 32.1. The second-order valence-electron chi connectivity index (χ2n) is 4.47. The normalized spacial score (nSPS) is 11.1. The molecule has 0 unspecified atom stereocenters. The first-order chi connectivity index (χ1) is 9.61. The van der Waals surface area contributed by atoms with E-state index in [-0.39, 0.29) is 5.69 Å². The van der Waals surface area contributed by atoms with Crippen molar-refractivity contribution in [1.29, 1.82) is 0 Å². The Labute approximate surface area is 119 Å². The molecule has 1 N–H and O–H groups in total. The molecule has 0 radical (unpaired) electrons. The molecule has 3 rings (SSSR count). The number of carboxylic acid groups (broad SMARTS) is 1. The van der Waals surface area contributed by atoms with Gasteiger partial charge in [-0.05, 0) is 19.4 Å². The van der Waals surface area contributed by atoms with Crippen LogP contribution in [-0.4, -0.2) is 16.1 Å². The van der Waals surface area contributed by atoms with Gasteiger partial charge in [-0.2, -0.15) is 0 Å². The highest BCUT2D eigenvalue weighted by molar-refractivity contribution is 7.15.